The van der Waals surface area contributed by atoms with E-state index in [-0.39, 0.29) is 0 Å². The van der Waals surface area contributed by atoms with Crippen molar-refractivity contribution in [3.05, 3.63) is 28.8 Å². The number of aryl methyl sites for hydroxylation is 1. The fourth-order valence-electron chi connectivity index (χ4n) is 1.32. The van der Waals surface area contributed by atoms with Gasteiger partial charge in [0.15, 0.2) is 0 Å². The fourth-order valence-corrected chi connectivity index (χ4v) is 1.32. The van der Waals surface area contributed by atoms with E-state index in [4.69, 9.17) is 11.5 Å². The maximum Gasteiger partial charge on any atom is 0.340 e. The van der Waals surface area contributed by atoms with Crippen LogP contribution in [0.2, 0.25) is 0 Å². The van der Waals surface area contributed by atoms with Crippen LogP contribution in [-0.2, 0) is 11.3 Å². The highest BCUT2D eigenvalue weighted by molar-refractivity contribution is 5.97. The number of benzene rings is 1. The molecule has 4 nitrogen and oxygen atoms in total. The molecule has 76 valence electrons. The lowest BCUT2D eigenvalue weighted by Crippen LogP contribution is -2.11. The minimum absolute atomic E-state index is 0.316. The molecule has 0 radical (unpaired) electrons. The Bertz CT molecular complexity index is 361. The summed E-state index contributed by atoms with van der Waals surface area (Å²) < 4.78 is 4.64. The van der Waals surface area contributed by atoms with Crippen LogP contribution in [0.5, 0.6) is 0 Å². The molecule has 1 rings (SSSR count). The highest BCUT2D eigenvalue weighted by Gasteiger charge is 2.15. The van der Waals surface area contributed by atoms with Crippen LogP contribution in [0.25, 0.3) is 0 Å². The largest absolute Gasteiger partial charge is 0.465 e. The summed E-state index contributed by atoms with van der Waals surface area (Å²) in [6.45, 7) is 2.12. The molecule has 0 aliphatic rings. The lowest BCUT2D eigenvalue weighted by molar-refractivity contribution is 0.0601. The third kappa shape index (κ3) is 1.70. The van der Waals surface area contributed by atoms with Crippen LogP contribution in [0.1, 0.15) is 21.5 Å². The second-order valence-corrected chi connectivity index (χ2v) is 3.03. The molecule has 0 fully saturated rings. The van der Waals surface area contributed by atoms with Crippen LogP contribution in [0, 0.1) is 6.92 Å². The van der Waals surface area contributed by atoms with Crippen molar-refractivity contribution in [2.75, 3.05) is 12.8 Å². The molecular formula is C10H14N2O2. The summed E-state index contributed by atoms with van der Waals surface area (Å²) in [5, 5.41) is 0. The van der Waals surface area contributed by atoms with Crippen molar-refractivity contribution in [1.29, 1.82) is 0 Å². The second-order valence-electron chi connectivity index (χ2n) is 3.03. The van der Waals surface area contributed by atoms with Gasteiger partial charge in [-0.1, -0.05) is 12.1 Å². The van der Waals surface area contributed by atoms with E-state index in [1.807, 2.05) is 19.1 Å². The molecule has 0 spiro atoms. The Labute approximate surface area is 82.8 Å². The fraction of sp³-hybridized carbons (Fsp3) is 0.300. The SMILES string of the molecule is COC(=O)c1c(C)ccc(CN)c1N. The van der Waals surface area contributed by atoms with Crippen molar-refractivity contribution < 1.29 is 9.53 Å². The third-order valence-corrected chi connectivity index (χ3v) is 2.15. The van der Waals surface area contributed by atoms with Crippen molar-refractivity contribution in [1.82, 2.24) is 0 Å². The predicted molar refractivity (Wildman–Crippen MR) is 54.8 cm³/mol. The van der Waals surface area contributed by atoms with Crippen molar-refractivity contribution in [2.45, 2.75) is 13.5 Å². The molecule has 1 aromatic carbocycles. The topological polar surface area (TPSA) is 78.3 Å². The van der Waals surface area contributed by atoms with Gasteiger partial charge in [0.2, 0.25) is 0 Å². The molecule has 14 heavy (non-hydrogen) atoms. The van der Waals surface area contributed by atoms with Crippen molar-refractivity contribution in [2.24, 2.45) is 5.73 Å². The number of nitrogen functional groups attached to an aromatic ring is 1. The van der Waals surface area contributed by atoms with E-state index in [1.54, 1.807) is 0 Å². The molecule has 1 aromatic rings. The summed E-state index contributed by atoms with van der Waals surface area (Å²) in [5.41, 5.74) is 13.7. The summed E-state index contributed by atoms with van der Waals surface area (Å²) >= 11 is 0. The molecule has 4 heteroatoms. The summed E-state index contributed by atoms with van der Waals surface area (Å²) in [6.07, 6.45) is 0. The Kier molecular flexibility index (Phi) is 3.09. The molecule has 4 N–H and O–H groups in total. The van der Waals surface area contributed by atoms with E-state index >= 15 is 0 Å². The number of carbonyl (C=O) groups excluding carboxylic acids is 1. The van der Waals surface area contributed by atoms with Crippen LogP contribution in [0.4, 0.5) is 5.69 Å². The smallest absolute Gasteiger partial charge is 0.340 e. The van der Waals surface area contributed by atoms with Gasteiger partial charge in [-0.3, -0.25) is 0 Å². The van der Waals surface area contributed by atoms with Gasteiger partial charge in [0.1, 0.15) is 0 Å². The Morgan fingerprint density at radius 3 is 2.64 bits per heavy atom. The van der Waals surface area contributed by atoms with Crippen molar-refractivity contribution in [3.8, 4) is 0 Å². The zero-order chi connectivity index (χ0) is 10.7. The van der Waals surface area contributed by atoms with E-state index in [0.29, 0.717) is 17.8 Å². The first-order valence-corrected chi connectivity index (χ1v) is 4.28. The highest BCUT2D eigenvalue weighted by atomic mass is 16.5. The molecule has 0 aliphatic heterocycles. The Morgan fingerprint density at radius 1 is 1.50 bits per heavy atom. The number of anilines is 1. The minimum atomic E-state index is -0.421. The monoisotopic (exact) mass is 194 g/mol. The number of methoxy groups -OCH3 is 1. The molecule has 0 saturated heterocycles. The van der Waals surface area contributed by atoms with Crippen LogP contribution < -0.4 is 11.5 Å². The Balaban J connectivity index is 3.32. The second kappa shape index (κ2) is 4.11. The number of nitrogens with two attached hydrogens (primary N) is 2. The Morgan fingerprint density at radius 2 is 2.14 bits per heavy atom. The standard InChI is InChI=1S/C10H14N2O2/c1-6-3-4-7(5-11)9(12)8(6)10(13)14-2/h3-4H,5,11-12H2,1-2H3. The summed E-state index contributed by atoms with van der Waals surface area (Å²) in [5.74, 6) is -0.421. The maximum atomic E-state index is 11.4. The third-order valence-electron chi connectivity index (χ3n) is 2.15. The first kappa shape index (κ1) is 10.5. The van der Waals surface area contributed by atoms with E-state index in [2.05, 4.69) is 4.74 Å². The first-order chi connectivity index (χ1) is 6.61. The van der Waals surface area contributed by atoms with Gasteiger partial charge in [0, 0.05) is 6.54 Å². The molecular weight excluding hydrogens is 180 g/mol. The van der Waals surface area contributed by atoms with Crippen molar-refractivity contribution in [3.63, 3.8) is 0 Å². The van der Waals surface area contributed by atoms with Crippen LogP contribution in [0.15, 0.2) is 12.1 Å². The Hall–Kier alpha value is -1.55. The first-order valence-electron chi connectivity index (χ1n) is 4.28. The van der Waals surface area contributed by atoms with E-state index in [0.717, 1.165) is 11.1 Å². The normalized spacial score (nSPS) is 9.93. The molecule has 0 aliphatic carbocycles. The average Bonchev–Trinajstić information content (AvgIpc) is 2.18. The van der Waals surface area contributed by atoms with Crippen LogP contribution in [-0.4, -0.2) is 13.1 Å². The summed E-state index contributed by atoms with van der Waals surface area (Å²) in [4.78, 5) is 11.4. The lowest BCUT2D eigenvalue weighted by atomic mass is 10.0. The van der Waals surface area contributed by atoms with Gasteiger partial charge >= 0.3 is 5.97 Å². The zero-order valence-electron chi connectivity index (χ0n) is 8.33. The average molecular weight is 194 g/mol. The van der Waals surface area contributed by atoms with E-state index < -0.39 is 5.97 Å². The number of rotatable bonds is 2. The maximum absolute atomic E-state index is 11.4. The summed E-state index contributed by atoms with van der Waals surface area (Å²) in [6, 6.07) is 3.63. The number of hydrogen-bond acceptors (Lipinski definition) is 4. The molecule has 0 atom stereocenters. The number of hydrogen-bond donors (Lipinski definition) is 2. The quantitative estimate of drug-likeness (QED) is 0.539. The van der Waals surface area contributed by atoms with Gasteiger partial charge in [-0.2, -0.15) is 0 Å². The molecule has 0 unspecified atom stereocenters. The molecule has 0 amide bonds. The molecule has 0 bridgehead atoms. The van der Waals surface area contributed by atoms with E-state index in [1.165, 1.54) is 7.11 Å². The number of esters is 1. The molecule has 0 heterocycles. The van der Waals surface area contributed by atoms with Gasteiger partial charge < -0.3 is 16.2 Å². The lowest BCUT2D eigenvalue weighted by Gasteiger charge is -2.10. The van der Waals surface area contributed by atoms with Gasteiger partial charge in [-0.15, -0.1) is 0 Å². The van der Waals surface area contributed by atoms with Gasteiger partial charge in [-0.05, 0) is 18.1 Å². The minimum Gasteiger partial charge on any atom is -0.465 e. The van der Waals surface area contributed by atoms with Gasteiger partial charge in [0.05, 0.1) is 18.4 Å². The number of ether oxygens (including phenoxy) is 1. The molecule has 0 aromatic heterocycles. The van der Waals surface area contributed by atoms with Crippen LogP contribution in [0.3, 0.4) is 0 Å². The van der Waals surface area contributed by atoms with Gasteiger partial charge in [0.25, 0.3) is 0 Å². The van der Waals surface area contributed by atoms with Gasteiger partial charge in [-0.25, -0.2) is 4.79 Å². The highest BCUT2D eigenvalue weighted by Crippen LogP contribution is 2.21. The predicted octanol–water partition coefficient (Wildman–Crippen LogP) is 0.823. The summed E-state index contributed by atoms with van der Waals surface area (Å²) in [7, 11) is 1.33. The van der Waals surface area contributed by atoms with Crippen molar-refractivity contribution >= 4 is 11.7 Å². The number of carbonyl (C=O) groups is 1. The van der Waals surface area contributed by atoms with E-state index in [9.17, 15) is 4.79 Å². The van der Waals surface area contributed by atoms with Crippen LogP contribution >= 0.6 is 0 Å². The molecule has 0 saturated carbocycles. The zero-order valence-corrected chi connectivity index (χ0v) is 8.33.